The smallest absolute Gasteiger partial charge is 0.165 e. The lowest BCUT2D eigenvalue weighted by Gasteiger charge is -2.00. The third-order valence-electron chi connectivity index (χ3n) is 0.589. The van der Waals surface area contributed by atoms with Crippen LogP contribution >= 0.6 is 0 Å². The number of aliphatic hydroxyl groups excluding tert-OH is 2. The van der Waals surface area contributed by atoms with Crippen LogP contribution in [0.5, 0.6) is 0 Å². The Morgan fingerprint density at radius 3 is 2.00 bits per heavy atom. The maximum Gasteiger partial charge on any atom is 0.165 e. The van der Waals surface area contributed by atoms with Gasteiger partial charge in [0.2, 0.25) is 0 Å². The van der Waals surface area contributed by atoms with E-state index in [2.05, 4.69) is 0 Å². The lowest BCUT2D eigenvalue weighted by atomic mass is 10.3. The highest BCUT2D eigenvalue weighted by atomic mass is 16.3. The second-order valence-electron chi connectivity index (χ2n) is 1.31. The van der Waals surface area contributed by atoms with Crippen LogP contribution < -0.4 is 0 Å². The highest BCUT2D eigenvalue weighted by Crippen LogP contribution is 1.86. The van der Waals surface area contributed by atoms with Gasteiger partial charge in [-0.3, -0.25) is 0 Å². The van der Waals surface area contributed by atoms with Crippen molar-refractivity contribution in [2.24, 2.45) is 0 Å². The van der Waals surface area contributed by atoms with Crippen molar-refractivity contribution >= 4 is 0 Å². The quantitative estimate of drug-likeness (QED) is 0.427. The molecule has 0 heterocycles. The summed E-state index contributed by atoms with van der Waals surface area (Å²) in [7, 11) is 0. The molecule has 2 N–H and O–H groups in total. The van der Waals surface area contributed by atoms with Crippen molar-refractivity contribution in [3.63, 3.8) is 0 Å². The summed E-state index contributed by atoms with van der Waals surface area (Å²) in [6.07, 6.45) is -2.18. The van der Waals surface area contributed by atoms with Crippen molar-refractivity contribution in [2.45, 2.75) is 19.1 Å². The molecular formula is C4H7NO2. The first-order chi connectivity index (χ1) is 3.18. The van der Waals surface area contributed by atoms with Gasteiger partial charge < -0.3 is 10.2 Å². The first-order valence-electron chi connectivity index (χ1n) is 1.94. The van der Waals surface area contributed by atoms with Crippen LogP contribution in [0.3, 0.4) is 0 Å². The van der Waals surface area contributed by atoms with E-state index in [4.69, 9.17) is 15.5 Å². The summed E-state index contributed by atoms with van der Waals surface area (Å²) in [6.45, 7) is 1.36. The van der Waals surface area contributed by atoms with Gasteiger partial charge >= 0.3 is 0 Å². The minimum atomic E-state index is -1.24. The van der Waals surface area contributed by atoms with Crippen LogP contribution in [-0.4, -0.2) is 22.4 Å². The molecule has 0 spiro atoms. The summed E-state index contributed by atoms with van der Waals surface area (Å²) in [4.78, 5) is 0. The standard InChI is InChI=1S/C4H7NO2/c1-3(6)4(7)2-5/h3-4,6-7H,1H3/t3-,4+/m1/s1. The van der Waals surface area contributed by atoms with E-state index in [0.29, 0.717) is 0 Å². The van der Waals surface area contributed by atoms with Crippen LogP contribution in [0, 0.1) is 11.3 Å². The number of nitrogens with zero attached hydrogens (tertiary/aromatic N) is 1. The van der Waals surface area contributed by atoms with Crippen LogP contribution in [0.2, 0.25) is 0 Å². The van der Waals surface area contributed by atoms with Crippen LogP contribution in [0.4, 0.5) is 0 Å². The monoisotopic (exact) mass is 101 g/mol. The lowest BCUT2D eigenvalue weighted by Crippen LogP contribution is -2.19. The van der Waals surface area contributed by atoms with E-state index in [0.717, 1.165) is 0 Å². The Morgan fingerprint density at radius 2 is 2.00 bits per heavy atom. The molecule has 40 valence electrons. The predicted octanol–water partition coefficient (Wildman–Crippen LogP) is -0.748. The van der Waals surface area contributed by atoms with Crippen LogP contribution in [0.25, 0.3) is 0 Å². The van der Waals surface area contributed by atoms with Crippen molar-refractivity contribution in [1.29, 1.82) is 5.26 Å². The Hall–Kier alpha value is -0.590. The molecule has 0 aliphatic heterocycles. The van der Waals surface area contributed by atoms with E-state index in [1.165, 1.54) is 13.0 Å². The van der Waals surface area contributed by atoms with E-state index in [1.807, 2.05) is 0 Å². The zero-order valence-electron chi connectivity index (χ0n) is 4.00. The molecule has 0 aliphatic rings. The molecule has 0 aromatic carbocycles. The molecule has 0 aliphatic carbocycles. The van der Waals surface area contributed by atoms with Crippen molar-refractivity contribution in [2.75, 3.05) is 0 Å². The minimum Gasteiger partial charge on any atom is -0.390 e. The average Bonchev–Trinajstić information content (AvgIpc) is 1.65. The zero-order valence-corrected chi connectivity index (χ0v) is 4.00. The minimum absolute atomic E-state index is 0.940. The second-order valence-corrected chi connectivity index (χ2v) is 1.31. The molecule has 0 rings (SSSR count). The Morgan fingerprint density at radius 1 is 1.57 bits per heavy atom. The molecular weight excluding hydrogens is 94.0 g/mol. The molecule has 0 radical (unpaired) electrons. The second kappa shape index (κ2) is 2.56. The number of nitriles is 1. The summed E-state index contributed by atoms with van der Waals surface area (Å²) in [5, 5.41) is 24.5. The number of hydrogen-bond donors (Lipinski definition) is 2. The average molecular weight is 101 g/mol. The first kappa shape index (κ1) is 6.41. The van der Waals surface area contributed by atoms with Crippen molar-refractivity contribution in [3.8, 4) is 6.07 Å². The van der Waals surface area contributed by atoms with Crippen molar-refractivity contribution in [3.05, 3.63) is 0 Å². The summed E-state index contributed by atoms with van der Waals surface area (Å²) in [5.74, 6) is 0. The SMILES string of the molecule is C[C@@H](O)[C@@H](O)C#N. The molecule has 0 amide bonds. The Bertz CT molecular complexity index is 84.2. The molecule has 2 atom stereocenters. The van der Waals surface area contributed by atoms with Crippen LogP contribution in [0.15, 0.2) is 0 Å². The van der Waals surface area contributed by atoms with E-state index in [-0.39, 0.29) is 0 Å². The van der Waals surface area contributed by atoms with Gasteiger partial charge in [-0.15, -0.1) is 0 Å². The topological polar surface area (TPSA) is 64.2 Å². The lowest BCUT2D eigenvalue weighted by molar-refractivity contribution is 0.0665. The Balaban J connectivity index is 3.40. The summed E-state index contributed by atoms with van der Waals surface area (Å²) < 4.78 is 0. The van der Waals surface area contributed by atoms with Crippen LogP contribution in [0.1, 0.15) is 6.92 Å². The molecule has 3 nitrogen and oxygen atoms in total. The third-order valence-corrected chi connectivity index (χ3v) is 0.589. The zero-order chi connectivity index (χ0) is 5.86. The van der Waals surface area contributed by atoms with E-state index in [9.17, 15) is 0 Å². The van der Waals surface area contributed by atoms with Crippen molar-refractivity contribution in [1.82, 2.24) is 0 Å². The molecule has 0 saturated carbocycles. The van der Waals surface area contributed by atoms with Gasteiger partial charge in [-0.2, -0.15) is 5.26 Å². The highest BCUT2D eigenvalue weighted by Gasteiger charge is 2.06. The first-order valence-corrected chi connectivity index (χ1v) is 1.94. The molecule has 0 unspecified atom stereocenters. The highest BCUT2D eigenvalue weighted by molar-refractivity contribution is 4.85. The van der Waals surface area contributed by atoms with Gasteiger partial charge in [-0.1, -0.05) is 0 Å². The van der Waals surface area contributed by atoms with Gasteiger partial charge in [0, 0.05) is 0 Å². The maximum atomic E-state index is 8.35. The van der Waals surface area contributed by atoms with Crippen molar-refractivity contribution < 1.29 is 10.2 Å². The molecule has 3 heteroatoms. The Labute approximate surface area is 41.8 Å². The third kappa shape index (κ3) is 2.15. The molecule has 0 saturated heterocycles. The van der Waals surface area contributed by atoms with E-state index < -0.39 is 12.2 Å². The normalized spacial score (nSPS) is 17.4. The van der Waals surface area contributed by atoms with E-state index in [1.54, 1.807) is 0 Å². The fraction of sp³-hybridized carbons (Fsp3) is 0.750. The number of hydrogen-bond acceptors (Lipinski definition) is 3. The summed E-state index contributed by atoms with van der Waals surface area (Å²) >= 11 is 0. The van der Waals surface area contributed by atoms with Gasteiger partial charge in [0.05, 0.1) is 12.2 Å². The fourth-order valence-corrected chi connectivity index (χ4v) is 0.108. The molecule has 0 aromatic rings. The summed E-state index contributed by atoms with van der Waals surface area (Å²) in [6, 6.07) is 1.47. The Kier molecular flexibility index (Phi) is 2.34. The number of rotatable bonds is 1. The maximum absolute atomic E-state index is 8.35. The molecule has 7 heavy (non-hydrogen) atoms. The number of aliphatic hydroxyl groups is 2. The van der Waals surface area contributed by atoms with Gasteiger partial charge in [0.1, 0.15) is 0 Å². The van der Waals surface area contributed by atoms with Crippen LogP contribution in [-0.2, 0) is 0 Å². The fourth-order valence-electron chi connectivity index (χ4n) is 0.108. The summed E-state index contributed by atoms with van der Waals surface area (Å²) in [5.41, 5.74) is 0. The predicted molar refractivity (Wildman–Crippen MR) is 23.3 cm³/mol. The molecule has 0 aromatic heterocycles. The molecule has 0 bridgehead atoms. The van der Waals surface area contributed by atoms with Gasteiger partial charge in [-0.05, 0) is 6.92 Å². The van der Waals surface area contributed by atoms with Gasteiger partial charge in [0.15, 0.2) is 6.10 Å². The largest absolute Gasteiger partial charge is 0.390 e. The van der Waals surface area contributed by atoms with E-state index >= 15 is 0 Å². The van der Waals surface area contributed by atoms with Gasteiger partial charge in [0.25, 0.3) is 0 Å². The van der Waals surface area contributed by atoms with Gasteiger partial charge in [-0.25, -0.2) is 0 Å². The molecule has 0 fully saturated rings.